The highest BCUT2D eigenvalue weighted by Gasteiger charge is 2.22. The fraction of sp³-hybridized carbons (Fsp3) is 0.900. The Labute approximate surface area is 148 Å². The number of carbonyl (C=O) groups is 2. The molecule has 140 valence electrons. The van der Waals surface area contributed by atoms with E-state index in [1.165, 1.54) is 57.8 Å². The van der Waals surface area contributed by atoms with Crippen LogP contribution in [0.3, 0.4) is 0 Å². The molecule has 0 radical (unpaired) electrons. The van der Waals surface area contributed by atoms with Gasteiger partial charge in [-0.15, -0.1) is 0 Å². The van der Waals surface area contributed by atoms with Gasteiger partial charge in [-0.2, -0.15) is 0 Å². The topological polar surface area (TPSA) is 57.6 Å². The van der Waals surface area contributed by atoms with Crippen LogP contribution in [0.25, 0.3) is 0 Å². The molecule has 0 unspecified atom stereocenters. The SMILES string of the molecule is CCCCN(C(C)=O)C1CCCCC1.O=C(O)CC1CCCCC1. The highest BCUT2D eigenvalue weighted by atomic mass is 16.4. The van der Waals surface area contributed by atoms with Crippen LogP contribution in [-0.4, -0.2) is 34.5 Å². The number of rotatable bonds is 6. The van der Waals surface area contributed by atoms with Gasteiger partial charge >= 0.3 is 5.97 Å². The van der Waals surface area contributed by atoms with E-state index in [-0.39, 0.29) is 5.91 Å². The molecule has 2 saturated carbocycles. The van der Waals surface area contributed by atoms with Crippen molar-refractivity contribution in [2.75, 3.05) is 6.54 Å². The summed E-state index contributed by atoms with van der Waals surface area (Å²) in [4.78, 5) is 23.8. The van der Waals surface area contributed by atoms with Crippen molar-refractivity contribution >= 4 is 11.9 Å². The van der Waals surface area contributed by atoms with E-state index in [1.807, 2.05) is 0 Å². The molecule has 4 heteroatoms. The van der Waals surface area contributed by atoms with Crippen molar-refractivity contribution in [3.05, 3.63) is 0 Å². The molecular formula is C20H37NO3. The fourth-order valence-corrected chi connectivity index (χ4v) is 3.96. The quantitative estimate of drug-likeness (QED) is 0.740. The Balaban J connectivity index is 0.000000254. The lowest BCUT2D eigenvalue weighted by atomic mass is 9.87. The van der Waals surface area contributed by atoms with Gasteiger partial charge < -0.3 is 10.0 Å². The second-order valence-corrected chi connectivity index (χ2v) is 7.46. The third-order valence-corrected chi connectivity index (χ3v) is 5.36. The number of hydrogen-bond acceptors (Lipinski definition) is 2. The average Bonchev–Trinajstić information content (AvgIpc) is 2.57. The van der Waals surface area contributed by atoms with E-state index >= 15 is 0 Å². The summed E-state index contributed by atoms with van der Waals surface area (Å²) in [5.74, 6) is 0.114. The van der Waals surface area contributed by atoms with E-state index in [1.54, 1.807) is 6.92 Å². The third-order valence-electron chi connectivity index (χ3n) is 5.36. The molecule has 24 heavy (non-hydrogen) atoms. The van der Waals surface area contributed by atoms with E-state index in [0.29, 0.717) is 18.4 Å². The molecule has 0 aromatic carbocycles. The Kier molecular flexibility index (Phi) is 10.8. The molecule has 4 nitrogen and oxygen atoms in total. The number of amides is 1. The monoisotopic (exact) mass is 339 g/mol. The Morgan fingerprint density at radius 2 is 1.50 bits per heavy atom. The summed E-state index contributed by atoms with van der Waals surface area (Å²) in [5, 5.41) is 8.47. The summed E-state index contributed by atoms with van der Waals surface area (Å²) in [6.07, 6.45) is 15.2. The average molecular weight is 340 g/mol. The first-order valence-electron chi connectivity index (χ1n) is 10.0. The van der Waals surface area contributed by atoms with Gasteiger partial charge in [0, 0.05) is 25.9 Å². The number of aliphatic carboxylic acids is 1. The first-order chi connectivity index (χ1) is 11.5. The molecule has 2 rings (SSSR count). The molecular weight excluding hydrogens is 302 g/mol. The Morgan fingerprint density at radius 1 is 0.958 bits per heavy atom. The summed E-state index contributed by atoms with van der Waals surface area (Å²) in [6.45, 7) is 4.86. The maximum Gasteiger partial charge on any atom is 0.303 e. The lowest BCUT2D eigenvalue weighted by Crippen LogP contribution is -2.40. The van der Waals surface area contributed by atoms with Crippen molar-refractivity contribution in [1.29, 1.82) is 0 Å². The standard InChI is InChI=1S/C12H23NO.C8H14O2/c1-3-4-10-13(11(2)14)12-8-6-5-7-9-12;9-8(10)6-7-4-2-1-3-5-7/h12H,3-10H2,1-2H3;7H,1-6H2,(H,9,10). The van der Waals surface area contributed by atoms with E-state index in [0.717, 1.165) is 25.8 Å². The number of carboxylic acids is 1. The van der Waals surface area contributed by atoms with Gasteiger partial charge in [-0.25, -0.2) is 0 Å². The molecule has 0 aliphatic heterocycles. The molecule has 0 spiro atoms. The maximum absolute atomic E-state index is 11.5. The lowest BCUT2D eigenvalue weighted by molar-refractivity contribution is -0.138. The predicted octanol–water partition coefficient (Wildman–Crippen LogP) is 5.01. The lowest BCUT2D eigenvalue weighted by Gasteiger charge is -2.33. The minimum atomic E-state index is -0.632. The van der Waals surface area contributed by atoms with Crippen molar-refractivity contribution in [3.63, 3.8) is 0 Å². The molecule has 0 heterocycles. The number of carbonyl (C=O) groups excluding carboxylic acids is 1. The van der Waals surface area contributed by atoms with E-state index < -0.39 is 5.97 Å². The summed E-state index contributed by atoms with van der Waals surface area (Å²) in [7, 11) is 0. The second-order valence-electron chi connectivity index (χ2n) is 7.46. The molecule has 0 saturated heterocycles. The van der Waals surface area contributed by atoms with Crippen molar-refractivity contribution in [3.8, 4) is 0 Å². The van der Waals surface area contributed by atoms with Gasteiger partial charge in [-0.1, -0.05) is 51.9 Å². The van der Waals surface area contributed by atoms with Crippen LogP contribution in [0, 0.1) is 5.92 Å². The minimum absolute atomic E-state index is 0.269. The molecule has 2 fully saturated rings. The summed E-state index contributed by atoms with van der Waals surface area (Å²) in [6, 6.07) is 0.549. The van der Waals surface area contributed by atoms with Crippen molar-refractivity contribution < 1.29 is 14.7 Å². The van der Waals surface area contributed by atoms with Gasteiger partial charge in [0.2, 0.25) is 5.91 Å². The summed E-state index contributed by atoms with van der Waals surface area (Å²) < 4.78 is 0. The van der Waals surface area contributed by atoms with E-state index in [2.05, 4.69) is 11.8 Å². The summed E-state index contributed by atoms with van der Waals surface area (Å²) >= 11 is 0. The molecule has 0 bridgehead atoms. The van der Waals surface area contributed by atoms with E-state index in [9.17, 15) is 9.59 Å². The zero-order valence-electron chi connectivity index (χ0n) is 15.8. The van der Waals surface area contributed by atoms with Crippen LogP contribution in [0.4, 0.5) is 0 Å². The highest BCUT2D eigenvalue weighted by Crippen LogP contribution is 2.26. The zero-order valence-corrected chi connectivity index (χ0v) is 15.8. The van der Waals surface area contributed by atoms with Gasteiger partial charge in [-0.3, -0.25) is 9.59 Å². The molecule has 0 atom stereocenters. The van der Waals surface area contributed by atoms with Gasteiger partial charge in [0.15, 0.2) is 0 Å². The molecule has 2 aliphatic rings. The zero-order chi connectivity index (χ0) is 17.8. The summed E-state index contributed by atoms with van der Waals surface area (Å²) in [5.41, 5.74) is 0. The molecule has 1 N–H and O–H groups in total. The molecule has 0 aromatic heterocycles. The fourth-order valence-electron chi connectivity index (χ4n) is 3.96. The van der Waals surface area contributed by atoms with Gasteiger partial charge in [0.25, 0.3) is 0 Å². The van der Waals surface area contributed by atoms with Crippen LogP contribution in [0.2, 0.25) is 0 Å². The molecule has 2 aliphatic carbocycles. The smallest absolute Gasteiger partial charge is 0.303 e. The third kappa shape index (κ3) is 8.70. The van der Waals surface area contributed by atoms with Crippen LogP contribution < -0.4 is 0 Å². The number of hydrogen-bond donors (Lipinski definition) is 1. The Bertz CT molecular complexity index is 358. The largest absolute Gasteiger partial charge is 0.481 e. The number of nitrogens with zero attached hydrogens (tertiary/aromatic N) is 1. The van der Waals surface area contributed by atoms with Crippen LogP contribution in [0.15, 0.2) is 0 Å². The number of unbranched alkanes of at least 4 members (excludes halogenated alkanes) is 1. The highest BCUT2D eigenvalue weighted by molar-refractivity contribution is 5.73. The maximum atomic E-state index is 11.5. The van der Waals surface area contributed by atoms with Crippen LogP contribution in [0.1, 0.15) is 97.3 Å². The minimum Gasteiger partial charge on any atom is -0.481 e. The van der Waals surface area contributed by atoms with E-state index in [4.69, 9.17) is 5.11 Å². The van der Waals surface area contributed by atoms with Gasteiger partial charge in [0.1, 0.15) is 0 Å². The van der Waals surface area contributed by atoms with Gasteiger partial charge in [-0.05, 0) is 38.0 Å². The van der Waals surface area contributed by atoms with Crippen molar-refractivity contribution in [1.82, 2.24) is 4.90 Å². The Hall–Kier alpha value is -1.06. The van der Waals surface area contributed by atoms with Crippen LogP contribution >= 0.6 is 0 Å². The van der Waals surface area contributed by atoms with Crippen LogP contribution in [-0.2, 0) is 9.59 Å². The first-order valence-corrected chi connectivity index (χ1v) is 10.0. The normalized spacial score (nSPS) is 19.2. The van der Waals surface area contributed by atoms with Crippen LogP contribution in [0.5, 0.6) is 0 Å². The predicted molar refractivity (Wildman–Crippen MR) is 98.0 cm³/mol. The van der Waals surface area contributed by atoms with Gasteiger partial charge in [0.05, 0.1) is 0 Å². The first kappa shape index (κ1) is 21.0. The number of carboxylic acid groups (broad SMARTS) is 1. The molecule has 1 amide bonds. The van der Waals surface area contributed by atoms with Crippen molar-refractivity contribution in [2.45, 2.75) is 103 Å². The second kappa shape index (κ2) is 12.3. The Morgan fingerprint density at radius 3 is 1.96 bits per heavy atom. The molecule has 0 aromatic rings. The van der Waals surface area contributed by atoms with Crippen molar-refractivity contribution in [2.24, 2.45) is 5.92 Å².